The molecule has 0 radical (unpaired) electrons. The highest BCUT2D eigenvalue weighted by Gasteiger charge is 2.33. The van der Waals surface area contributed by atoms with Crippen molar-refractivity contribution in [3.05, 3.63) is 75.7 Å². The zero-order chi connectivity index (χ0) is 29.2. The molecule has 0 atom stereocenters. The molecule has 0 N–H and O–H groups in total. The number of nitrogens with zero attached hydrogens (tertiary/aromatic N) is 4. The van der Waals surface area contributed by atoms with E-state index in [9.17, 15) is 31.1 Å². The minimum absolute atomic E-state index is 0.150. The van der Waals surface area contributed by atoms with Gasteiger partial charge in [-0.25, -0.2) is 4.98 Å². The molecule has 1 amide bonds. The van der Waals surface area contributed by atoms with Crippen LogP contribution in [0.15, 0.2) is 53.9 Å². The van der Waals surface area contributed by atoms with Crippen molar-refractivity contribution in [1.82, 2.24) is 14.8 Å². The number of piperazine rings is 1. The molecule has 2 aromatic carbocycles. The standard InChI is InChI=1S/C28H28F6N4O2S/c29-27(30,31)21-5-3-6-22(16-21)37-12-14-38(15-13-37)26(39)23-18-41-25(35-23)19-8-10-36(11-9-19)17-20-4-1-2-7-24(20)40-28(32,33)34/h1-7,16,18-19H,8-15,17H2. The van der Waals surface area contributed by atoms with Crippen molar-refractivity contribution in [3.63, 3.8) is 0 Å². The van der Waals surface area contributed by atoms with Gasteiger partial charge in [0.15, 0.2) is 0 Å². The van der Waals surface area contributed by atoms with Gasteiger partial charge in [0.2, 0.25) is 0 Å². The smallest absolute Gasteiger partial charge is 0.405 e. The van der Waals surface area contributed by atoms with Crippen LogP contribution < -0.4 is 9.64 Å². The maximum atomic E-state index is 13.1. The summed E-state index contributed by atoms with van der Waals surface area (Å²) in [4.78, 5) is 23.3. The Morgan fingerprint density at radius 2 is 1.63 bits per heavy atom. The first-order valence-corrected chi connectivity index (χ1v) is 14.1. The Hall–Kier alpha value is -3.32. The molecule has 6 nitrogen and oxygen atoms in total. The summed E-state index contributed by atoms with van der Waals surface area (Å²) in [6, 6.07) is 11.3. The van der Waals surface area contributed by atoms with Gasteiger partial charge in [0.05, 0.1) is 10.6 Å². The number of carbonyl (C=O) groups excluding carboxylic acids is 1. The van der Waals surface area contributed by atoms with Gasteiger partial charge in [0.1, 0.15) is 11.4 Å². The van der Waals surface area contributed by atoms with Crippen LogP contribution in [0, 0.1) is 0 Å². The summed E-state index contributed by atoms with van der Waals surface area (Å²) in [5.74, 6) is -0.243. The van der Waals surface area contributed by atoms with Crippen molar-refractivity contribution < 1.29 is 35.9 Å². The number of thiazole rings is 1. The summed E-state index contributed by atoms with van der Waals surface area (Å²) < 4.78 is 81.7. The van der Waals surface area contributed by atoms with Gasteiger partial charge < -0.3 is 14.5 Å². The Balaban J connectivity index is 1.13. The molecule has 2 aliphatic rings. The summed E-state index contributed by atoms with van der Waals surface area (Å²) in [6.45, 7) is 3.27. The highest BCUT2D eigenvalue weighted by molar-refractivity contribution is 7.09. The Morgan fingerprint density at radius 1 is 0.927 bits per heavy atom. The van der Waals surface area contributed by atoms with E-state index in [2.05, 4.69) is 14.6 Å². The molecular weight excluding hydrogens is 570 g/mol. The van der Waals surface area contributed by atoms with Crippen molar-refractivity contribution in [2.24, 2.45) is 0 Å². The second kappa shape index (κ2) is 11.9. The number of piperidine rings is 1. The molecular formula is C28H28F6N4O2S. The fourth-order valence-electron chi connectivity index (χ4n) is 5.22. The molecule has 2 fully saturated rings. The number of halogens is 6. The van der Waals surface area contributed by atoms with Gasteiger partial charge in [-0.05, 0) is 50.2 Å². The second-order valence-corrected chi connectivity index (χ2v) is 11.0. The molecule has 0 saturated carbocycles. The highest BCUT2D eigenvalue weighted by Crippen LogP contribution is 2.34. The molecule has 2 saturated heterocycles. The molecule has 41 heavy (non-hydrogen) atoms. The summed E-state index contributed by atoms with van der Waals surface area (Å²) in [7, 11) is 0. The molecule has 3 aromatic rings. The third kappa shape index (κ3) is 7.31. The minimum atomic E-state index is -4.75. The number of likely N-dealkylation sites (tertiary alicyclic amines) is 1. The maximum Gasteiger partial charge on any atom is 0.573 e. The molecule has 0 unspecified atom stereocenters. The average molecular weight is 599 g/mol. The number of para-hydroxylation sites is 1. The van der Waals surface area contributed by atoms with E-state index in [-0.39, 0.29) is 17.6 Å². The van der Waals surface area contributed by atoms with Gasteiger partial charge in [-0.15, -0.1) is 24.5 Å². The predicted octanol–water partition coefficient (Wildman–Crippen LogP) is 6.40. The first kappa shape index (κ1) is 29.2. The molecule has 220 valence electrons. The predicted molar refractivity (Wildman–Crippen MR) is 142 cm³/mol. The first-order valence-electron chi connectivity index (χ1n) is 13.2. The summed E-state index contributed by atoms with van der Waals surface area (Å²) in [5.41, 5.74) is 0.608. The fraction of sp³-hybridized carbons (Fsp3) is 0.429. The van der Waals surface area contributed by atoms with E-state index in [4.69, 9.17) is 0 Å². The lowest BCUT2D eigenvalue weighted by Crippen LogP contribution is -2.49. The van der Waals surface area contributed by atoms with E-state index in [0.717, 1.165) is 30.0 Å². The lowest BCUT2D eigenvalue weighted by molar-refractivity contribution is -0.275. The van der Waals surface area contributed by atoms with E-state index in [1.54, 1.807) is 28.5 Å². The molecule has 0 bridgehead atoms. The number of anilines is 1. The van der Waals surface area contributed by atoms with Crippen LogP contribution in [-0.4, -0.2) is 66.3 Å². The quantitative estimate of drug-likeness (QED) is 0.308. The van der Waals surface area contributed by atoms with Crippen LogP contribution >= 0.6 is 11.3 Å². The maximum absolute atomic E-state index is 13.1. The summed E-state index contributed by atoms with van der Waals surface area (Å²) >= 11 is 1.42. The van der Waals surface area contributed by atoms with Crippen LogP contribution in [0.1, 0.15) is 45.4 Å². The van der Waals surface area contributed by atoms with Gasteiger partial charge in [0.25, 0.3) is 5.91 Å². The van der Waals surface area contributed by atoms with Crippen LogP contribution in [0.4, 0.5) is 32.0 Å². The number of alkyl halides is 6. The fourth-order valence-corrected chi connectivity index (χ4v) is 6.18. The second-order valence-electron chi connectivity index (χ2n) is 10.1. The zero-order valence-electron chi connectivity index (χ0n) is 21.9. The van der Waals surface area contributed by atoms with Crippen molar-refractivity contribution >= 4 is 22.9 Å². The van der Waals surface area contributed by atoms with Gasteiger partial charge in [0, 0.05) is 55.3 Å². The normalized spacial score (nSPS) is 17.6. The van der Waals surface area contributed by atoms with Crippen LogP contribution in [0.3, 0.4) is 0 Å². The first-order chi connectivity index (χ1) is 19.5. The minimum Gasteiger partial charge on any atom is -0.405 e. The van der Waals surface area contributed by atoms with Crippen LogP contribution in [0.5, 0.6) is 5.75 Å². The van der Waals surface area contributed by atoms with Crippen LogP contribution in [-0.2, 0) is 12.7 Å². The molecule has 5 rings (SSSR count). The van der Waals surface area contributed by atoms with E-state index in [1.807, 2.05) is 4.90 Å². The van der Waals surface area contributed by atoms with Gasteiger partial charge in [-0.1, -0.05) is 24.3 Å². The third-order valence-corrected chi connectivity index (χ3v) is 8.38. The number of ether oxygens (including phenoxy) is 1. The third-order valence-electron chi connectivity index (χ3n) is 7.38. The number of amides is 1. The zero-order valence-corrected chi connectivity index (χ0v) is 22.7. The molecule has 0 aliphatic carbocycles. The highest BCUT2D eigenvalue weighted by atomic mass is 32.1. The topological polar surface area (TPSA) is 48.9 Å². The molecule has 2 aliphatic heterocycles. The van der Waals surface area contributed by atoms with E-state index < -0.39 is 18.1 Å². The number of aromatic nitrogens is 1. The van der Waals surface area contributed by atoms with Crippen LogP contribution in [0.2, 0.25) is 0 Å². The Labute approximate surface area is 237 Å². The van der Waals surface area contributed by atoms with E-state index >= 15 is 0 Å². The summed E-state index contributed by atoms with van der Waals surface area (Å²) in [6.07, 6.45) is -7.64. The van der Waals surface area contributed by atoms with Gasteiger partial charge in [-0.3, -0.25) is 9.69 Å². The Morgan fingerprint density at radius 3 is 2.32 bits per heavy atom. The number of benzene rings is 2. The SMILES string of the molecule is O=C(c1csc(C2CCN(Cc3ccccc3OC(F)(F)F)CC2)n1)N1CCN(c2cccc(C(F)(F)F)c2)CC1. The van der Waals surface area contributed by atoms with Crippen molar-refractivity contribution in [2.45, 2.75) is 37.8 Å². The largest absolute Gasteiger partial charge is 0.573 e. The van der Waals surface area contributed by atoms with Crippen molar-refractivity contribution in [1.29, 1.82) is 0 Å². The number of hydrogen-bond acceptors (Lipinski definition) is 6. The molecule has 1 aromatic heterocycles. The van der Waals surface area contributed by atoms with Crippen LogP contribution in [0.25, 0.3) is 0 Å². The van der Waals surface area contributed by atoms with Crippen molar-refractivity contribution in [2.75, 3.05) is 44.2 Å². The summed E-state index contributed by atoms with van der Waals surface area (Å²) in [5, 5.41) is 2.60. The van der Waals surface area contributed by atoms with Crippen molar-refractivity contribution in [3.8, 4) is 5.75 Å². The molecule has 13 heteroatoms. The monoisotopic (exact) mass is 598 g/mol. The average Bonchev–Trinajstić information content (AvgIpc) is 3.44. The Bertz CT molecular complexity index is 1350. The van der Waals surface area contributed by atoms with Gasteiger partial charge in [-0.2, -0.15) is 13.2 Å². The number of carbonyl (C=O) groups is 1. The number of rotatable bonds is 6. The lowest BCUT2D eigenvalue weighted by atomic mass is 9.97. The number of hydrogen-bond donors (Lipinski definition) is 0. The van der Waals surface area contributed by atoms with E-state index in [0.29, 0.717) is 62.8 Å². The molecule has 0 spiro atoms. The Kier molecular flexibility index (Phi) is 8.46. The van der Waals surface area contributed by atoms with Gasteiger partial charge >= 0.3 is 12.5 Å². The molecule has 3 heterocycles. The lowest BCUT2D eigenvalue weighted by Gasteiger charge is -2.36. The van der Waals surface area contributed by atoms with E-state index in [1.165, 1.54) is 29.5 Å².